The molecule has 1 unspecified atom stereocenters. The van der Waals surface area contributed by atoms with E-state index < -0.39 is 0 Å². The molecule has 1 atom stereocenters. The summed E-state index contributed by atoms with van der Waals surface area (Å²) in [4.78, 5) is 13.1. The second-order valence-electron chi connectivity index (χ2n) is 7.76. The summed E-state index contributed by atoms with van der Waals surface area (Å²) in [5.74, 6) is 0.944. The van der Waals surface area contributed by atoms with E-state index in [0.29, 0.717) is 6.04 Å². The monoisotopic (exact) mass is 505 g/mol. The van der Waals surface area contributed by atoms with Gasteiger partial charge in [-0.3, -0.25) is 9.89 Å². The predicted molar refractivity (Wildman–Crippen MR) is 127 cm³/mol. The van der Waals surface area contributed by atoms with E-state index in [9.17, 15) is 0 Å². The van der Waals surface area contributed by atoms with Gasteiger partial charge >= 0.3 is 0 Å². The second kappa shape index (κ2) is 11.6. The standard InChI is InChI=1S/C20H35N5S.HI/c1-15-19(26-16(2)23-15)11-12-22-20(21-3)24-17-8-7-13-25(14-17)18-9-5-4-6-10-18;/h17-18H,4-14H2,1-3H3,(H2,21,22,24);1H. The first-order valence-electron chi connectivity index (χ1n) is 10.3. The zero-order valence-corrected chi connectivity index (χ0v) is 20.2. The Kier molecular flexibility index (Phi) is 9.79. The molecule has 1 aromatic rings. The Hall–Kier alpha value is -0.410. The molecule has 27 heavy (non-hydrogen) atoms. The normalized spacial score (nSPS) is 22.3. The fourth-order valence-electron chi connectivity index (χ4n) is 4.39. The van der Waals surface area contributed by atoms with Crippen LogP contribution in [-0.4, -0.2) is 54.6 Å². The number of hydrogen-bond donors (Lipinski definition) is 2. The summed E-state index contributed by atoms with van der Waals surface area (Å²) in [6.07, 6.45) is 10.6. The molecule has 0 amide bonds. The Labute approximate surface area is 185 Å². The van der Waals surface area contributed by atoms with Crippen LogP contribution in [0.3, 0.4) is 0 Å². The van der Waals surface area contributed by atoms with E-state index in [1.165, 1.54) is 68.6 Å². The van der Waals surface area contributed by atoms with Gasteiger partial charge < -0.3 is 10.6 Å². The van der Waals surface area contributed by atoms with E-state index in [0.717, 1.165) is 30.0 Å². The van der Waals surface area contributed by atoms with Gasteiger partial charge in [-0.15, -0.1) is 35.3 Å². The van der Waals surface area contributed by atoms with Crippen LogP contribution in [0.2, 0.25) is 0 Å². The van der Waals surface area contributed by atoms with Gasteiger partial charge in [0.25, 0.3) is 0 Å². The molecule has 1 saturated carbocycles. The molecule has 2 heterocycles. The van der Waals surface area contributed by atoms with Gasteiger partial charge in [0.05, 0.1) is 10.7 Å². The van der Waals surface area contributed by atoms with Crippen molar-refractivity contribution in [2.45, 2.75) is 77.3 Å². The van der Waals surface area contributed by atoms with Crippen molar-refractivity contribution >= 4 is 41.3 Å². The van der Waals surface area contributed by atoms with Gasteiger partial charge in [-0.2, -0.15) is 0 Å². The molecule has 154 valence electrons. The minimum Gasteiger partial charge on any atom is -0.356 e. The third kappa shape index (κ3) is 6.85. The van der Waals surface area contributed by atoms with E-state index in [1.54, 1.807) is 0 Å². The van der Waals surface area contributed by atoms with Gasteiger partial charge in [0, 0.05) is 43.5 Å². The largest absolute Gasteiger partial charge is 0.356 e. The number of nitrogens with zero attached hydrogens (tertiary/aromatic N) is 3. The molecule has 1 aliphatic carbocycles. The van der Waals surface area contributed by atoms with Gasteiger partial charge in [-0.25, -0.2) is 4.98 Å². The van der Waals surface area contributed by atoms with Gasteiger partial charge in [0.1, 0.15) is 0 Å². The van der Waals surface area contributed by atoms with Crippen LogP contribution in [0.15, 0.2) is 4.99 Å². The van der Waals surface area contributed by atoms with Crippen LogP contribution >= 0.6 is 35.3 Å². The van der Waals surface area contributed by atoms with Gasteiger partial charge in [-0.05, 0) is 46.1 Å². The molecular formula is C20H36IN5S. The summed E-state index contributed by atoms with van der Waals surface area (Å²) in [6, 6.07) is 1.34. The van der Waals surface area contributed by atoms with E-state index in [2.05, 4.69) is 39.4 Å². The maximum absolute atomic E-state index is 4.51. The highest BCUT2D eigenvalue weighted by molar-refractivity contribution is 14.0. The number of nitrogens with one attached hydrogen (secondary N) is 2. The second-order valence-corrected chi connectivity index (χ2v) is 9.05. The lowest BCUT2D eigenvalue weighted by atomic mass is 9.92. The molecule has 3 rings (SSSR count). The number of aromatic nitrogens is 1. The minimum atomic E-state index is 0. The quantitative estimate of drug-likeness (QED) is 0.363. The van der Waals surface area contributed by atoms with Crippen LogP contribution in [0.25, 0.3) is 0 Å². The van der Waals surface area contributed by atoms with Crippen molar-refractivity contribution < 1.29 is 0 Å². The number of rotatable bonds is 5. The van der Waals surface area contributed by atoms with Crippen LogP contribution in [0, 0.1) is 13.8 Å². The number of likely N-dealkylation sites (tertiary alicyclic amines) is 1. The summed E-state index contributed by atoms with van der Waals surface area (Å²) in [7, 11) is 1.87. The lowest BCUT2D eigenvalue weighted by molar-refractivity contribution is 0.115. The molecule has 1 aromatic heterocycles. The lowest BCUT2D eigenvalue weighted by Crippen LogP contribution is -2.53. The SMILES string of the molecule is CN=C(NCCc1sc(C)nc1C)NC1CCCN(C2CCCCC2)C1.I. The molecule has 0 radical (unpaired) electrons. The topological polar surface area (TPSA) is 52.6 Å². The molecule has 1 saturated heterocycles. The number of piperidine rings is 1. The van der Waals surface area contributed by atoms with Crippen molar-refractivity contribution in [2.24, 2.45) is 4.99 Å². The number of aliphatic imine (C=N–C) groups is 1. The van der Waals surface area contributed by atoms with Crippen LogP contribution in [0.1, 0.15) is 60.5 Å². The predicted octanol–water partition coefficient (Wildman–Crippen LogP) is 3.88. The van der Waals surface area contributed by atoms with E-state index in [1.807, 2.05) is 18.4 Å². The molecule has 1 aliphatic heterocycles. The molecule has 0 aromatic carbocycles. The van der Waals surface area contributed by atoms with Crippen LogP contribution in [-0.2, 0) is 6.42 Å². The van der Waals surface area contributed by atoms with Crippen molar-refractivity contribution in [2.75, 3.05) is 26.7 Å². The lowest BCUT2D eigenvalue weighted by Gasteiger charge is -2.40. The summed E-state index contributed by atoms with van der Waals surface area (Å²) in [5.41, 5.74) is 1.17. The van der Waals surface area contributed by atoms with Crippen molar-refractivity contribution in [1.82, 2.24) is 20.5 Å². The molecule has 2 fully saturated rings. The summed E-state index contributed by atoms with van der Waals surface area (Å²) < 4.78 is 0. The van der Waals surface area contributed by atoms with Gasteiger partial charge in [0.15, 0.2) is 5.96 Å². The van der Waals surface area contributed by atoms with Gasteiger partial charge in [-0.1, -0.05) is 19.3 Å². The fraction of sp³-hybridized carbons (Fsp3) is 0.800. The first-order valence-corrected chi connectivity index (χ1v) is 11.1. The summed E-state index contributed by atoms with van der Waals surface area (Å²) >= 11 is 1.81. The summed E-state index contributed by atoms with van der Waals surface area (Å²) in [5, 5.41) is 8.32. The first-order chi connectivity index (χ1) is 12.7. The molecule has 2 aliphatic rings. The van der Waals surface area contributed by atoms with Gasteiger partial charge in [0.2, 0.25) is 0 Å². The van der Waals surface area contributed by atoms with Crippen LogP contribution in [0.5, 0.6) is 0 Å². The molecule has 0 spiro atoms. The number of guanidine groups is 1. The number of thiazole rings is 1. The van der Waals surface area contributed by atoms with Crippen molar-refractivity contribution in [1.29, 1.82) is 0 Å². The Bertz CT molecular complexity index is 597. The Morgan fingerprint density at radius 2 is 1.96 bits per heavy atom. The minimum absolute atomic E-state index is 0. The molecule has 7 heteroatoms. The zero-order valence-electron chi connectivity index (χ0n) is 17.1. The highest BCUT2D eigenvalue weighted by Gasteiger charge is 2.27. The smallest absolute Gasteiger partial charge is 0.191 e. The maximum Gasteiger partial charge on any atom is 0.191 e. The molecule has 0 bridgehead atoms. The average Bonchev–Trinajstić information content (AvgIpc) is 2.99. The van der Waals surface area contributed by atoms with Crippen molar-refractivity contribution in [3.05, 3.63) is 15.6 Å². The van der Waals surface area contributed by atoms with Crippen LogP contribution < -0.4 is 10.6 Å². The molecule has 2 N–H and O–H groups in total. The van der Waals surface area contributed by atoms with E-state index in [4.69, 9.17) is 0 Å². The highest BCUT2D eigenvalue weighted by Crippen LogP contribution is 2.25. The Morgan fingerprint density at radius 1 is 1.19 bits per heavy atom. The van der Waals surface area contributed by atoms with E-state index in [-0.39, 0.29) is 24.0 Å². The van der Waals surface area contributed by atoms with Crippen LogP contribution in [0.4, 0.5) is 0 Å². The van der Waals surface area contributed by atoms with E-state index >= 15 is 0 Å². The van der Waals surface area contributed by atoms with Crippen molar-refractivity contribution in [3.63, 3.8) is 0 Å². The number of aryl methyl sites for hydroxylation is 2. The maximum atomic E-state index is 4.51. The Morgan fingerprint density at radius 3 is 2.63 bits per heavy atom. The number of hydrogen-bond acceptors (Lipinski definition) is 4. The average molecular weight is 506 g/mol. The summed E-state index contributed by atoms with van der Waals surface area (Å²) in [6.45, 7) is 7.53. The first kappa shape index (κ1) is 22.9. The highest BCUT2D eigenvalue weighted by atomic mass is 127. The third-order valence-corrected chi connectivity index (χ3v) is 6.89. The number of halogens is 1. The fourth-order valence-corrected chi connectivity index (χ4v) is 5.33. The Balaban J connectivity index is 0.00000261. The van der Waals surface area contributed by atoms with Crippen molar-refractivity contribution in [3.8, 4) is 0 Å². The third-order valence-electron chi connectivity index (χ3n) is 5.75. The zero-order chi connectivity index (χ0) is 18.4. The molecular weight excluding hydrogens is 469 g/mol. The molecule has 5 nitrogen and oxygen atoms in total.